The van der Waals surface area contributed by atoms with Gasteiger partial charge in [0.25, 0.3) is 5.56 Å². The molecule has 5 nitrogen and oxygen atoms in total. The smallest absolute Gasteiger partial charge is 0.267 e. The lowest BCUT2D eigenvalue weighted by Crippen LogP contribution is -2.29. The summed E-state index contributed by atoms with van der Waals surface area (Å²) in [5, 5.41) is 0.702. The summed E-state index contributed by atoms with van der Waals surface area (Å²) in [4.78, 5) is 31.2. The van der Waals surface area contributed by atoms with Crippen LogP contribution in [-0.2, 0) is 13.6 Å². The normalized spacial score (nSPS) is 11.3. The maximum absolute atomic E-state index is 13.4. The molecule has 0 N–H and O–H groups in total. The third-order valence-electron chi connectivity index (χ3n) is 4.97. The van der Waals surface area contributed by atoms with E-state index in [0.29, 0.717) is 23.4 Å². The van der Waals surface area contributed by atoms with Crippen molar-refractivity contribution in [1.82, 2.24) is 14.1 Å². The van der Waals surface area contributed by atoms with Gasteiger partial charge in [-0.1, -0.05) is 55.8 Å². The number of rotatable bonds is 4. The Bertz CT molecular complexity index is 1250. The highest BCUT2D eigenvalue weighted by molar-refractivity contribution is 5.91. The van der Waals surface area contributed by atoms with Crippen molar-refractivity contribution >= 4 is 21.9 Å². The molecular weight excluding hydrogens is 338 g/mol. The Balaban J connectivity index is 2.18. The number of aryl methyl sites for hydroxylation is 1. The van der Waals surface area contributed by atoms with Gasteiger partial charge in [0.05, 0.1) is 5.52 Å². The highest BCUT2D eigenvalue weighted by atomic mass is 16.1. The molecule has 27 heavy (non-hydrogen) atoms. The van der Waals surface area contributed by atoms with E-state index in [-0.39, 0.29) is 16.4 Å². The molecule has 4 aromatic rings. The first kappa shape index (κ1) is 17.2. The van der Waals surface area contributed by atoms with Gasteiger partial charge >= 0.3 is 0 Å². The molecule has 0 fully saturated rings. The van der Waals surface area contributed by atoms with Crippen LogP contribution in [0.4, 0.5) is 0 Å². The van der Waals surface area contributed by atoms with Crippen LogP contribution in [0.2, 0.25) is 0 Å². The third-order valence-corrected chi connectivity index (χ3v) is 4.97. The second-order valence-corrected chi connectivity index (χ2v) is 6.72. The predicted molar refractivity (Wildman–Crippen MR) is 109 cm³/mol. The molecule has 4 rings (SSSR count). The SMILES string of the molecule is CCCCn1c(-c2ccccc2)nc2c(c(=O)c3ccccc3n2C)c1=O. The van der Waals surface area contributed by atoms with Crippen molar-refractivity contribution in [2.24, 2.45) is 7.05 Å². The van der Waals surface area contributed by atoms with Crippen molar-refractivity contribution < 1.29 is 0 Å². The molecule has 2 aromatic carbocycles. The second kappa shape index (κ2) is 6.83. The zero-order valence-corrected chi connectivity index (χ0v) is 15.5. The second-order valence-electron chi connectivity index (χ2n) is 6.72. The largest absolute Gasteiger partial charge is 0.328 e. The summed E-state index contributed by atoms with van der Waals surface area (Å²) >= 11 is 0. The van der Waals surface area contributed by atoms with E-state index in [0.717, 1.165) is 23.9 Å². The monoisotopic (exact) mass is 359 g/mol. The number of pyridine rings is 1. The lowest BCUT2D eigenvalue weighted by Gasteiger charge is -2.16. The Morgan fingerprint density at radius 3 is 2.41 bits per heavy atom. The van der Waals surface area contributed by atoms with Crippen molar-refractivity contribution in [3.05, 3.63) is 75.2 Å². The van der Waals surface area contributed by atoms with Crippen LogP contribution < -0.4 is 11.0 Å². The molecule has 0 amide bonds. The van der Waals surface area contributed by atoms with Crippen molar-refractivity contribution in [2.75, 3.05) is 0 Å². The van der Waals surface area contributed by atoms with Crippen LogP contribution in [0.25, 0.3) is 33.3 Å². The van der Waals surface area contributed by atoms with Gasteiger partial charge in [0, 0.05) is 24.5 Å². The van der Waals surface area contributed by atoms with Crippen molar-refractivity contribution in [1.29, 1.82) is 0 Å². The summed E-state index contributed by atoms with van der Waals surface area (Å²) in [7, 11) is 1.85. The molecule has 0 unspecified atom stereocenters. The van der Waals surface area contributed by atoms with Crippen LogP contribution in [0.3, 0.4) is 0 Å². The lowest BCUT2D eigenvalue weighted by atomic mass is 10.1. The molecule has 0 aliphatic rings. The number of nitrogens with zero attached hydrogens (tertiary/aromatic N) is 3. The zero-order chi connectivity index (χ0) is 19.0. The molecule has 136 valence electrons. The van der Waals surface area contributed by atoms with Gasteiger partial charge in [-0.3, -0.25) is 14.2 Å². The van der Waals surface area contributed by atoms with E-state index in [1.165, 1.54) is 0 Å². The van der Waals surface area contributed by atoms with E-state index in [9.17, 15) is 9.59 Å². The number of fused-ring (bicyclic) bond motifs is 2. The van der Waals surface area contributed by atoms with Gasteiger partial charge in [-0.05, 0) is 18.6 Å². The van der Waals surface area contributed by atoms with E-state index in [1.807, 2.05) is 60.1 Å². The number of hydrogen-bond donors (Lipinski definition) is 0. The first-order valence-electron chi connectivity index (χ1n) is 9.21. The number of para-hydroxylation sites is 1. The topological polar surface area (TPSA) is 56.9 Å². The standard InChI is InChI=1S/C22H21N3O2/c1-3-4-14-25-20(15-10-6-5-7-11-15)23-21-18(22(25)27)19(26)16-12-8-9-13-17(16)24(21)2/h5-13H,3-4,14H2,1-2H3. The average Bonchev–Trinajstić information content (AvgIpc) is 2.71. The zero-order valence-electron chi connectivity index (χ0n) is 15.5. The molecule has 2 aromatic heterocycles. The summed E-state index contributed by atoms with van der Waals surface area (Å²) in [6.07, 6.45) is 1.80. The Morgan fingerprint density at radius 2 is 1.67 bits per heavy atom. The quantitative estimate of drug-likeness (QED) is 0.522. The highest BCUT2D eigenvalue weighted by Gasteiger charge is 2.18. The maximum Gasteiger partial charge on any atom is 0.267 e. The van der Waals surface area contributed by atoms with Crippen LogP contribution in [-0.4, -0.2) is 14.1 Å². The van der Waals surface area contributed by atoms with E-state index < -0.39 is 0 Å². The fourth-order valence-corrected chi connectivity index (χ4v) is 3.52. The summed E-state index contributed by atoms with van der Waals surface area (Å²) in [6, 6.07) is 17.0. The Morgan fingerprint density at radius 1 is 0.963 bits per heavy atom. The lowest BCUT2D eigenvalue weighted by molar-refractivity contribution is 0.614. The van der Waals surface area contributed by atoms with Crippen LogP contribution >= 0.6 is 0 Å². The summed E-state index contributed by atoms with van der Waals surface area (Å²) < 4.78 is 3.49. The summed E-state index contributed by atoms with van der Waals surface area (Å²) in [6.45, 7) is 2.62. The maximum atomic E-state index is 13.4. The first-order valence-corrected chi connectivity index (χ1v) is 9.21. The Hall–Kier alpha value is -3.21. The van der Waals surface area contributed by atoms with Crippen LogP contribution in [0, 0.1) is 0 Å². The van der Waals surface area contributed by atoms with Gasteiger partial charge in [0.1, 0.15) is 11.2 Å². The fraction of sp³-hybridized carbons (Fsp3) is 0.227. The molecule has 0 saturated heterocycles. The van der Waals surface area contributed by atoms with E-state index in [1.54, 1.807) is 10.6 Å². The minimum atomic E-state index is -0.265. The van der Waals surface area contributed by atoms with Gasteiger partial charge in [-0.2, -0.15) is 0 Å². The van der Waals surface area contributed by atoms with E-state index in [2.05, 4.69) is 6.92 Å². The highest BCUT2D eigenvalue weighted by Crippen LogP contribution is 2.20. The molecule has 0 aliphatic carbocycles. The van der Waals surface area contributed by atoms with E-state index in [4.69, 9.17) is 4.98 Å². The minimum Gasteiger partial charge on any atom is -0.328 e. The van der Waals surface area contributed by atoms with Gasteiger partial charge in [0.2, 0.25) is 5.43 Å². The molecule has 0 spiro atoms. The summed E-state index contributed by atoms with van der Waals surface area (Å²) in [5.41, 5.74) is 1.55. The molecule has 2 heterocycles. The molecule has 0 radical (unpaired) electrons. The van der Waals surface area contributed by atoms with Crippen LogP contribution in [0.5, 0.6) is 0 Å². The van der Waals surface area contributed by atoms with Crippen molar-refractivity contribution in [3.8, 4) is 11.4 Å². The van der Waals surface area contributed by atoms with Gasteiger partial charge in [-0.25, -0.2) is 4.98 Å². The predicted octanol–water partition coefficient (Wildman–Crippen LogP) is 3.72. The van der Waals surface area contributed by atoms with Crippen LogP contribution in [0.1, 0.15) is 19.8 Å². The molecule has 5 heteroatoms. The van der Waals surface area contributed by atoms with Gasteiger partial charge < -0.3 is 4.57 Å². The van der Waals surface area contributed by atoms with Gasteiger partial charge in [0.15, 0.2) is 5.65 Å². The van der Waals surface area contributed by atoms with E-state index >= 15 is 0 Å². The minimum absolute atomic E-state index is 0.159. The van der Waals surface area contributed by atoms with Crippen LogP contribution in [0.15, 0.2) is 64.2 Å². The fourth-order valence-electron chi connectivity index (χ4n) is 3.52. The molecule has 0 bridgehead atoms. The molecule has 0 atom stereocenters. The summed E-state index contributed by atoms with van der Waals surface area (Å²) in [5.74, 6) is 0.604. The van der Waals surface area contributed by atoms with Crippen molar-refractivity contribution in [3.63, 3.8) is 0 Å². The molecule has 0 aliphatic heterocycles. The Labute approximate surface area is 156 Å². The Kier molecular flexibility index (Phi) is 4.36. The number of unbranched alkanes of at least 4 members (excludes halogenated alkanes) is 1. The average molecular weight is 359 g/mol. The third kappa shape index (κ3) is 2.76. The van der Waals surface area contributed by atoms with Gasteiger partial charge in [-0.15, -0.1) is 0 Å². The van der Waals surface area contributed by atoms with Crippen molar-refractivity contribution in [2.45, 2.75) is 26.3 Å². The first-order chi connectivity index (χ1) is 13.1. The molecule has 0 saturated carbocycles. The number of benzene rings is 2. The number of hydrogen-bond acceptors (Lipinski definition) is 3. The molecular formula is C22H21N3O2. The number of aromatic nitrogens is 3.